The Morgan fingerprint density at radius 2 is 2.20 bits per heavy atom. The topological polar surface area (TPSA) is 89.7 Å². The van der Waals surface area contributed by atoms with E-state index in [2.05, 4.69) is 4.74 Å². The zero-order valence-corrected chi connectivity index (χ0v) is 11.7. The third-order valence-corrected chi connectivity index (χ3v) is 5.08. The van der Waals surface area contributed by atoms with Gasteiger partial charge in [0.05, 0.1) is 17.6 Å². The van der Waals surface area contributed by atoms with Crippen molar-refractivity contribution in [2.24, 2.45) is 5.73 Å². The van der Waals surface area contributed by atoms with Gasteiger partial charge in [0.25, 0.3) is 0 Å². The normalized spacial score (nSPS) is 20.1. The van der Waals surface area contributed by atoms with Crippen LogP contribution in [0.5, 0.6) is 0 Å². The number of ether oxygens (including phenoxy) is 1. The van der Waals surface area contributed by atoms with Crippen LogP contribution < -0.4 is 5.73 Å². The van der Waals surface area contributed by atoms with Crippen LogP contribution in [0.1, 0.15) is 16.8 Å². The lowest BCUT2D eigenvalue weighted by Gasteiger charge is -2.17. The molecular weight excluding hydrogens is 287 g/mol. The Morgan fingerprint density at radius 1 is 1.50 bits per heavy atom. The summed E-state index contributed by atoms with van der Waals surface area (Å²) in [5.41, 5.74) is 5.38. The molecule has 1 heterocycles. The summed E-state index contributed by atoms with van der Waals surface area (Å²) >= 11 is 0. The smallest absolute Gasteiger partial charge is 0.339 e. The predicted octanol–water partition coefficient (Wildman–Crippen LogP) is 0.334. The van der Waals surface area contributed by atoms with Gasteiger partial charge in [0.15, 0.2) is 0 Å². The van der Waals surface area contributed by atoms with E-state index >= 15 is 0 Å². The van der Waals surface area contributed by atoms with Gasteiger partial charge in [-0.05, 0) is 24.6 Å². The van der Waals surface area contributed by atoms with Gasteiger partial charge in [-0.2, -0.15) is 4.31 Å². The number of nitrogens with two attached hydrogens (primary N) is 1. The van der Waals surface area contributed by atoms with E-state index in [-0.39, 0.29) is 29.6 Å². The van der Waals surface area contributed by atoms with Gasteiger partial charge in [0.2, 0.25) is 10.0 Å². The van der Waals surface area contributed by atoms with Crippen molar-refractivity contribution in [3.8, 4) is 0 Å². The van der Waals surface area contributed by atoms with Crippen LogP contribution in [-0.2, 0) is 14.8 Å². The van der Waals surface area contributed by atoms with Gasteiger partial charge < -0.3 is 10.5 Å². The molecule has 1 saturated heterocycles. The van der Waals surface area contributed by atoms with E-state index in [1.54, 1.807) is 0 Å². The van der Waals surface area contributed by atoms with Gasteiger partial charge in [-0.15, -0.1) is 0 Å². The van der Waals surface area contributed by atoms with Gasteiger partial charge in [0.1, 0.15) is 5.82 Å². The van der Waals surface area contributed by atoms with Crippen LogP contribution in [0, 0.1) is 5.82 Å². The molecule has 20 heavy (non-hydrogen) atoms. The van der Waals surface area contributed by atoms with Crippen molar-refractivity contribution in [1.29, 1.82) is 0 Å². The number of hydrogen-bond donors (Lipinski definition) is 1. The summed E-state index contributed by atoms with van der Waals surface area (Å²) in [4.78, 5) is 11.4. The van der Waals surface area contributed by atoms with Crippen molar-refractivity contribution in [3.05, 3.63) is 29.6 Å². The molecule has 1 aliphatic rings. The molecule has 110 valence electrons. The van der Waals surface area contributed by atoms with Gasteiger partial charge in [0, 0.05) is 19.1 Å². The van der Waals surface area contributed by atoms with E-state index in [0.717, 1.165) is 25.3 Å². The average molecular weight is 302 g/mol. The van der Waals surface area contributed by atoms with Gasteiger partial charge in [-0.3, -0.25) is 0 Å². The lowest BCUT2D eigenvalue weighted by atomic mass is 10.2. The Hall–Kier alpha value is -1.51. The summed E-state index contributed by atoms with van der Waals surface area (Å²) < 4.78 is 43.9. The van der Waals surface area contributed by atoms with Crippen LogP contribution in [0.3, 0.4) is 0 Å². The second-order valence-electron chi connectivity index (χ2n) is 4.54. The maximum absolute atomic E-state index is 13.2. The van der Waals surface area contributed by atoms with E-state index in [0.29, 0.717) is 6.42 Å². The zero-order valence-electron chi connectivity index (χ0n) is 10.9. The fourth-order valence-electron chi connectivity index (χ4n) is 2.11. The molecule has 0 unspecified atom stereocenters. The largest absolute Gasteiger partial charge is 0.465 e. The fourth-order valence-corrected chi connectivity index (χ4v) is 3.78. The summed E-state index contributed by atoms with van der Waals surface area (Å²) in [6.45, 7) is 0.460. The minimum atomic E-state index is -3.89. The maximum Gasteiger partial charge on any atom is 0.339 e. The molecule has 0 spiro atoms. The standard InChI is InChI=1S/C12H15FN2O4S/c1-19-12(16)10-6-8(13)2-3-11(10)20(17,18)15-5-4-9(14)7-15/h2-3,6,9H,4-5,7,14H2,1H3/t9-/m1/s1. The van der Waals surface area contributed by atoms with Crippen LogP contribution in [0.25, 0.3) is 0 Å². The number of benzene rings is 1. The van der Waals surface area contributed by atoms with Gasteiger partial charge >= 0.3 is 5.97 Å². The Balaban J connectivity index is 2.49. The fraction of sp³-hybridized carbons (Fsp3) is 0.417. The molecular formula is C12H15FN2O4S. The molecule has 1 aromatic rings. The lowest BCUT2D eigenvalue weighted by Crippen LogP contribution is -2.33. The molecule has 2 rings (SSSR count). The average Bonchev–Trinajstić information content (AvgIpc) is 2.84. The number of rotatable bonds is 3. The molecule has 1 aromatic carbocycles. The number of hydrogen-bond acceptors (Lipinski definition) is 5. The minimum absolute atomic E-state index is 0.181. The van der Waals surface area contributed by atoms with E-state index in [4.69, 9.17) is 5.73 Å². The van der Waals surface area contributed by atoms with Crippen LogP contribution in [0.2, 0.25) is 0 Å². The first-order chi connectivity index (χ1) is 9.36. The highest BCUT2D eigenvalue weighted by molar-refractivity contribution is 7.89. The molecule has 0 saturated carbocycles. The molecule has 1 atom stereocenters. The van der Waals surface area contributed by atoms with Crippen molar-refractivity contribution >= 4 is 16.0 Å². The second-order valence-corrected chi connectivity index (χ2v) is 6.45. The third-order valence-electron chi connectivity index (χ3n) is 3.15. The number of sulfonamides is 1. The molecule has 6 nitrogen and oxygen atoms in total. The number of methoxy groups -OCH3 is 1. The Bertz CT molecular complexity index is 632. The van der Waals surface area contributed by atoms with Crippen molar-refractivity contribution in [2.45, 2.75) is 17.4 Å². The van der Waals surface area contributed by atoms with Crippen molar-refractivity contribution < 1.29 is 22.3 Å². The van der Waals surface area contributed by atoms with Crippen LogP contribution >= 0.6 is 0 Å². The highest BCUT2D eigenvalue weighted by atomic mass is 32.2. The number of carbonyl (C=O) groups excluding carboxylic acids is 1. The maximum atomic E-state index is 13.2. The van der Waals surface area contributed by atoms with Crippen LogP contribution in [0.15, 0.2) is 23.1 Å². The van der Waals surface area contributed by atoms with E-state index in [9.17, 15) is 17.6 Å². The van der Waals surface area contributed by atoms with Crippen molar-refractivity contribution in [2.75, 3.05) is 20.2 Å². The van der Waals surface area contributed by atoms with E-state index < -0.39 is 21.8 Å². The highest BCUT2D eigenvalue weighted by Gasteiger charge is 2.34. The number of carbonyl (C=O) groups is 1. The number of nitrogens with zero attached hydrogens (tertiary/aromatic N) is 1. The molecule has 1 fully saturated rings. The minimum Gasteiger partial charge on any atom is -0.465 e. The second kappa shape index (κ2) is 5.47. The summed E-state index contributed by atoms with van der Waals surface area (Å²) in [6, 6.07) is 2.69. The van der Waals surface area contributed by atoms with E-state index in [1.165, 1.54) is 4.31 Å². The Morgan fingerprint density at radius 3 is 2.75 bits per heavy atom. The first-order valence-corrected chi connectivity index (χ1v) is 7.44. The molecule has 2 N–H and O–H groups in total. The SMILES string of the molecule is COC(=O)c1cc(F)ccc1S(=O)(=O)N1CC[C@@H](N)C1. The summed E-state index contributed by atoms with van der Waals surface area (Å²) in [6.07, 6.45) is 0.550. The van der Waals surface area contributed by atoms with Crippen molar-refractivity contribution in [1.82, 2.24) is 4.31 Å². The van der Waals surface area contributed by atoms with Gasteiger partial charge in [-0.25, -0.2) is 17.6 Å². The molecule has 1 aliphatic heterocycles. The zero-order chi connectivity index (χ0) is 14.9. The Labute approximate surface area is 116 Å². The lowest BCUT2D eigenvalue weighted by molar-refractivity contribution is 0.0595. The Kier molecular flexibility index (Phi) is 4.07. The summed E-state index contributed by atoms with van der Waals surface area (Å²) in [5.74, 6) is -1.60. The molecule has 0 aliphatic carbocycles. The predicted molar refractivity (Wildman–Crippen MR) is 69.1 cm³/mol. The molecule has 8 heteroatoms. The highest BCUT2D eigenvalue weighted by Crippen LogP contribution is 2.24. The monoisotopic (exact) mass is 302 g/mol. The first kappa shape index (κ1) is 14.9. The number of esters is 1. The molecule has 0 aromatic heterocycles. The molecule has 0 amide bonds. The van der Waals surface area contributed by atoms with E-state index in [1.807, 2.05) is 0 Å². The van der Waals surface area contributed by atoms with Crippen LogP contribution in [0.4, 0.5) is 4.39 Å². The summed E-state index contributed by atoms with van der Waals surface area (Å²) in [7, 11) is -2.78. The molecule has 0 radical (unpaired) electrons. The number of halogens is 1. The molecule has 0 bridgehead atoms. The van der Waals surface area contributed by atoms with Crippen LogP contribution in [-0.4, -0.2) is 44.9 Å². The first-order valence-electron chi connectivity index (χ1n) is 6.00. The van der Waals surface area contributed by atoms with Gasteiger partial charge in [-0.1, -0.05) is 0 Å². The third kappa shape index (κ3) is 2.67. The van der Waals surface area contributed by atoms with Crippen molar-refractivity contribution in [3.63, 3.8) is 0 Å². The summed E-state index contributed by atoms with van der Waals surface area (Å²) in [5, 5.41) is 0. The quantitative estimate of drug-likeness (QED) is 0.813.